The van der Waals surface area contributed by atoms with Crippen molar-refractivity contribution < 1.29 is 4.39 Å². The van der Waals surface area contributed by atoms with Crippen molar-refractivity contribution in [1.29, 1.82) is 0 Å². The molecule has 0 rings (SSSR count). The Morgan fingerprint density at radius 1 is 1.62 bits per heavy atom. The van der Waals surface area contributed by atoms with Crippen LogP contribution in [0.5, 0.6) is 0 Å². The molecular formula is C6H8ClF. The van der Waals surface area contributed by atoms with E-state index in [0.29, 0.717) is 0 Å². The first-order valence-corrected chi connectivity index (χ1v) is 2.71. The van der Waals surface area contributed by atoms with Crippen LogP contribution in [0.3, 0.4) is 0 Å². The first-order chi connectivity index (χ1) is 3.68. The predicted molar refractivity (Wildman–Crippen MR) is 34.5 cm³/mol. The lowest BCUT2D eigenvalue weighted by Crippen LogP contribution is -1.65. The van der Waals surface area contributed by atoms with E-state index in [9.17, 15) is 4.39 Å². The molecule has 0 saturated carbocycles. The maximum Gasteiger partial charge on any atom is 0.137 e. The van der Waals surface area contributed by atoms with Gasteiger partial charge < -0.3 is 0 Å². The van der Waals surface area contributed by atoms with Crippen molar-refractivity contribution >= 4 is 11.6 Å². The molecule has 46 valence electrons. The topological polar surface area (TPSA) is 0 Å². The Hall–Kier alpha value is -0.300. The molecule has 8 heavy (non-hydrogen) atoms. The van der Waals surface area contributed by atoms with Crippen molar-refractivity contribution in [2.24, 2.45) is 0 Å². The van der Waals surface area contributed by atoms with Gasteiger partial charge in [0.25, 0.3) is 0 Å². The van der Waals surface area contributed by atoms with Gasteiger partial charge >= 0.3 is 0 Å². The molecule has 0 heterocycles. The highest BCUT2D eigenvalue weighted by Crippen LogP contribution is 2.09. The third kappa shape index (κ3) is 2.80. The largest absolute Gasteiger partial charge is 0.206 e. The van der Waals surface area contributed by atoms with Crippen LogP contribution in [-0.4, -0.2) is 0 Å². The Morgan fingerprint density at radius 2 is 2.12 bits per heavy atom. The van der Waals surface area contributed by atoms with Crippen LogP contribution in [0, 0.1) is 0 Å². The molecular weight excluding hydrogens is 127 g/mol. The number of rotatable bonds is 1. The van der Waals surface area contributed by atoms with E-state index >= 15 is 0 Å². The maximum atomic E-state index is 12.2. The van der Waals surface area contributed by atoms with Gasteiger partial charge in [-0.05, 0) is 19.9 Å². The summed E-state index contributed by atoms with van der Waals surface area (Å²) in [7, 11) is 0. The molecule has 0 saturated heterocycles. The lowest BCUT2D eigenvalue weighted by Gasteiger charge is -1.84. The zero-order chi connectivity index (χ0) is 6.57. The van der Waals surface area contributed by atoms with Gasteiger partial charge in [-0.25, -0.2) is 4.39 Å². The lowest BCUT2D eigenvalue weighted by molar-refractivity contribution is 0.661. The van der Waals surface area contributed by atoms with Crippen molar-refractivity contribution in [3.05, 3.63) is 23.0 Å². The molecule has 0 bridgehead atoms. The molecule has 0 amide bonds. The van der Waals surface area contributed by atoms with E-state index in [1.54, 1.807) is 13.0 Å². The summed E-state index contributed by atoms with van der Waals surface area (Å²) in [5.41, 5.74) is 0. The van der Waals surface area contributed by atoms with Crippen molar-refractivity contribution in [1.82, 2.24) is 0 Å². The predicted octanol–water partition coefficient (Wildman–Crippen LogP) is 3.00. The second kappa shape index (κ2) is 3.67. The fraction of sp³-hybridized carbons (Fsp3) is 0.333. The summed E-state index contributed by atoms with van der Waals surface area (Å²) in [5, 5.41) is 0.197. The fourth-order valence-corrected chi connectivity index (χ4v) is 0.324. The molecule has 0 aliphatic rings. The molecule has 0 aromatic carbocycles. The Labute approximate surface area is 53.7 Å². The third-order valence-electron chi connectivity index (χ3n) is 0.642. The molecule has 0 aliphatic carbocycles. The van der Waals surface area contributed by atoms with Crippen molar-refractivity contribution in [3.63, 3.8) is 0 Å². The normalized spacial score (nSPS) is 14.5. The molecule has 0 nitrogen and oxygen atoms in total. The van der Waals surface area contributed by atoms with Crippen LogP contribution in [0.15, 0.2) is 23.0 Å². The van der Waals surface area contributed by atoms with Crippen LogP contribution in [0.1, 0.15) is 13.8 Å². The first kappa shape index (κ1) is 7.70. The average molecular weight is 135 g/mol. The van der Waals surface area contributed by atoms with Crippen LogP contribution < -0.4 is 0 Å². The van der Waals surface area contributed by atoms with E-state index in [0.717, 1.165) is 0 Å². The van der Waals surface area contributed by atoms with E-state index in [1.165, 1.54) is 13.0 Å². The van der Waals surface area contributed by atoms with Crippen molar-refractivity contribution in [3.8, 4) is 0 Å². The smallest absolute Gasteiger partial charge is 0.137 e. The summed E-state index contributed by atoms with van der Waals surface area (Å²) in [5.74, 6) is -0.367. The summed E-state index contributed by atoms with van der Waals surface area (Å²) in [6.07, 6.45) is 2.92. The Morgan fingerprint density at radius 3 is 2.25 bits per heavy atom. The molecule has 0 aromatic rings. The Balaban J connectivity index is 4.00. The van der Waals surface area contributed by atoms with Crippen LogP contribution in [0.4, 0.5) is 4.39 Å². The van der Waals surface area contributed by atoms with Crippen LogP contribution in [0.25, 0.3) is 0 Å². The highest BCUT2D eigenvalue weighted by Gasteiger charge is 1.88. The minimum absolute atomic E-state index is 0.197. The van der Waals surface area contributed by atoms with Gasteiger partial charge in [0.05, 0.1) is 5.03 Å². The maximum absolute atomic E-state index is 12.2. The van der Waals surface area contributed by atoms with Gasteiger partial charge in [-0.1, -0.05) is 17.7 Å². The van der Waals surface area contributed by atoms with Crippen LogP contribution >= 0.6 is 11.6 Å². The van der Waals surface area contributed by atoms with Gasteiger partial charge in [-0.3, -0.25) is 0 Å². The van der Waals surface area contributed by atoms with Crippen molar-refractivity contribution in [2.45, 2.75) is 13.8 Å². The summed E-state index contributed by atoms with van der Waals surface area (Å²) in [4.78, 5) is 0. The van der Waals surface area contributed by atoms with E-state index in [4.69, 9.17) is 11.6 Å². The molecule has 0 aliphatic heterocycles. The number of hydrogen-bond donors (Lipinski definition) is 0. The van der Waals surface area contributed by atoms with Crippen LogP contribution in [0.2, 0.25) is 0 Å². The zero-order valence-electron chi connectivity index (χ0n) is 4.91. The first-order valence-electron chi connectivity index (χ1n) is 2.33. The highest BCUT2D eigenvalue weighted by atomic mass is 35.5. The molecule has 0 unspecified atom stereocenters. The SMILES string of the molecule is CC=CC(F)=C(C)Cl. The number of halogens is 2. The monoisotopic (exact) mass is 134 g/mol. The number of allylic oxidation sites excluding steroid dienone is 4. The quantitative estimate of drug-likeness (QED) is 0.484. The van der Waals surface area contributed by atoms with Gasteiger partial charge in [0, 0.05) is 0 Å². The lowest BCUT2D eigenvalue weighted by atomic mass is 10.4. The van der Waals surface area contributed by atoms with Crippen molar-refractivity contribution in [2.75, 3.05) is 0 Å². The summed E-state index contributed by atoms with van der Waals surface area (Å²) >= 11 is 5.26. The van der Waals surface area contributed by atoms with Crippen LogP contribution in [-0.2, 0) is 0 Å². The van der Waals surface area contributed by atoms with E-state index in [-0.39, 0.29) is 10.9 Å². The van der Waals surface area contributed by atoms with Gasteiger partial charge in [0.2, 0.25) is 0 Å². The van der Waals surface area contributed by atoms with Gasteiger partial charge in [0.15, 0.2) is 0 Å². The van der Waals surface area contributed by atoms with E-state index < -0.39 is 0 Å². The summed E-state index contributed by atoms with van der Waals surface area (Å²) in [6, 6.07) is 0. The summed E-state index contributed by atoms with van der Waals surface area (Å²) < 4.78 is 12.2. The minimum Gasteiger partial charge on any atom is -0.206 e. The Kier molecular flexibility index (Phi) is 3.53. The van der Waals surface area contributed by atoms with Gasteiger partial charge in [0.1, 0.15) is 5.83 Å². The molecule has 0 radical (unpaired) electrons. The van der Waals surface area contributed by atoms with Gasteiger partial charge in [-0.15, -0.1) is 0 Å². The zero-order valence-corrected chi connectivity index (χ0v) is 5.67. The molecule has 2 heteroatoms. The molecule has 0 N–H and O–H groups in total. The number of hydrogen-bond acceptors (Lipinski definition) is 0. The standard InChI is InChI=1S/C6H8ClF/c1-3-4-6(8)5(2)7/h3-4H,1-2H3. The average Bonchev–Trinajstić information content (AvgIpc) is 1.67. The van der Waals surface area contributed by atoms with E-state index in [1.807, 2.05) is 0 Å². The molecule has 0 spiro atoms. The fourth-order valence-electron chi connectivity index (χ4n) is 0.261. The highest BCUT2D eigenvalue weighted by molar-refractivity contribution is 6.29. The second-order valence-electron chi connectivity index (χ2n) is 1.38. The molecule has 0 atom stereocenters. The van der Waals surface area contributed by atoms with E-state index in [2.05, 4.69) is 0 Å². The van der Waals surface area contributed by atoms with Gasteiger partial charge in [-0.2, -0.15) is 0 Å². The molecule has 0 fully saturated rings. The minimum atomic E-state index is -0.367. The summed E-state index contributed by atoms with van der Waals surface area (Å²) in [6.45, 7) is 3.25. The Bertz CT molecular complexity index is 120. The second-order valence-corrected chi connectivity index (χ2v) is 1.95. The molecule has 0 aromatic heterocycles. The third-order valence-corrected chi connectivity index (χ3v) is 0.823.